The Morgan fingerprint density at radius 3 is 2.95 bits per heavy atom. The van der Waals surface area contributed by atoms with Crippen LogP contribution in [-0.2, 0) is 16.1 Å². The highest BCUT2D eigenvalue weighted by molar-refractivity contribution is 5.86. The van der Waals surface area contributed by atoms with E-state index >= 15 is 0 Å². The van der Waals surface area contributed by atoms with Crippen LogP contribution >= 0.6 is 0 Å². The SMILES string of the molecule is CNCc1ccccc1N1CCOCC1C(=O)NC1CC1. The van der Waals surface area contributed by atoms with Crippen molar-refractivity contribution in [3.05, 3.63) is 29.8 Å². The molecule has 114 valence electrons. The van der Waals surface area contributed by atoms with Gasteiger partial charge in [0, 0.05) is 24.8 Å². The van der Waals surface area contributed by atoms with Gasteiger partial charge in [-0.1, -0.05) is 18.2 Å². The van der Waals surface area contributed by atoms with Gasteiger partial charge in [-0.3, -0.25) is 4.79 Å². The van der Waals surface area contributed by atoms with Crippen molar-refractivity contribution in [2.24, 2.45) is 0 Å². The predicted molar refractivity (Wildman–Crippen MR) is 82.3 cm³/mol. The van der Waals surface area contributed by atoms with E-state index in [2.05, 4.69) is 27.7 Å². The lowest BCUT2D eigenvalue weighted by Gasteiger charge is -2.37. The third kappa shape index (κ3) is 3.36. The van der Waals surface area contributed by atoms with Crippen molar-refractivity contribution in [1.29, 1.82) is 0 Å². The van der Waals surface area contributed by atoms with E-state index in [0.29, 0.717) is 19.3 Å². The number of nitrogens with one attached hydrogen (secondary N) is 2. The largest absolute Gasteiger partial charge is 0.377 e. The summed E-state index contributed by atoms with van der Waals surface area (Å²) in [5.41, 5.74) is 2.34. The molecule has 5 heteroatoms. The molecule has 2 N–H and O–H groups in total. The summed E-state index contributed by atoms with van der Waals surface area (Å²) in [6.07, 6.45) is 2.21. The van der Waals surface area contributed by atoms with Crippen LogP contribution in [0.15, 0.2) is 24.3 Å². The Kier molecular flexibility index (Phi) is 4.41. The molecule has 1 heterocycles. The fourth-order valence-electron chi connectivity index (χ4n) is 2.77. The summed E-state index contributed by atoms with van der Waals surface area (Å²) in [6.45, 7) is 2.68. The Bertz CT molecular complexity index is 502. The summed E-state index contributed by atoms with van der Waals surface area (Å²) < 4.78 is 5.54. The maximum absolute atomic E-state index is 12.5. The van der Waals surface area contributed by atoms with Gasteiger partial charge in [-0.15, -0.1) is 0 Å². The van der Waals surface area contributed by atoms with E-state index in [9.17, 15) is 4.79 Å². The van der Waals surface area contributed by atoms with Crippen LogP contribution in [0.3, 0.4) is 0 Å². The van der Waals surface area contributed by atoms with E-state index in [0.717, 1.165) is 31.6 Å². The molecule has 1 aliphatic heterocycles. The van der Waals surface area contributed by atoms with E-state index in [4.69, 9.17) is 4.74 Å². The Morgan fingerprint density at radius 2 is 2.19 bits per heavy atom. The first-order valence-electron chi connectivity index (χ1n) is 7.67. The highest BCUT2D eigenvalue weighted by Crippen LogP contribution is 2.25. The van der Waals surface area contributed by atoms with Crippen LogP contribution in [0.25, 0.3) is 0 Å². The van der Waals surface area contributed by atoms with Crippen LogP contribution in [0.2, 0.25) is 0 Å². The summed E-state index contributed by atoms with van der Waals surface area (Å²) in [4.78, 5) is 14.6. The fourth-order valence-corrected chi connectivity index (χ4v) is 2.77. The average molecular weight is 289 g/mol. The lowest BCUT2D eigenvalue weighted by molar-refractivity contribution is -0.124. The summed E-state index contributed by atoms with van der Waals surface area (Å²) in [6, 6.07) is 8.42. The third-order valence-corrected chi connectivity index (χ3v) is 4.02. The Labute approximate surface area is 125 Å². The molecule has 1 amide bonds. The van der Waals surface area contributed by atoms with Crippen molar-refractivity contribution in [3.63, 3.8) is 0 Å². The molecule has 2 aliphatic rings. The molecule has 2 fully saturated rings. The number of hydrogen-bond donors (Lipinski definition) is 2. The molecule has 1 aliphatic carbocycles. The first kappa shape index (κ1) is 14.4. The lowest BCUT2D eigenvalue weighted by Crippen LogP contribution is -2.54. The van der Waals surface area contributed by atoms with Gasteiger partial charge >= 0.3 is 0 Å². The number of carbonyl (C=O) groups is 1. The number of nitrogens with zero attached hydrogens (tertiary/aromatic N) is 1. The van der Waals surface area contributed by atoms with E-state index < -0.39 is 0 Å². The molecule has 1 saturated carbocycles. The second kappa shape index (κ2) is 6.45. The van der Waals surface area contributed by atoms with Crippen molar-refractivity contribution in [2.75, 3.05) is 31.7 Å². The molecule has 0 aromatic heterocycles. The second-order valence-electron chi connectivity index (χ2n) is 5.73. The maximum atomic E-state index is 12.5. The van der Waals surface area contributed by atoms with Gasteiger partial charge in [0.15, 0.2) is 0 Å². The van der Waals surface area contributed by atoms with Crippen LogP contribution in [0.1, 0.15) is 18.4 Å². The number of ether oxygens (including phenoxy) is 1. The Morgan fingerprint density at radius 1 is 1.38 bits per heavy atom. The van der Waals surface area contributed by atoms with Gasteiger partial charge in [-0.25, -0.2) is 0 Å². The summed E-state index contributed by atoms with van der Waals surface area (Å²) in [7, 11) is 1.94. The fraction of sp³-hybridized carbons (Fsp3) is 0.562. The number of para-hydroxylation sites is 1. The van der Waals surface area contributed by atoms with Gasteiger partial charge in [0.05, 0.1) is 13.2 Å². The molecule has 1 saturated heterocycles. The van der Waals surface area contributed by atoms with Crippen molar-refractivity contribution < 1.29 is 9.53 Å². The molecule has 0 bridgehead atoms. The van der Waals surface area contributed by atoms with Gasteiger partial charge in [0.1, 0.15) is 6.04 Å². The molecule has 1 aromatic carbocycles. The van der Waals surface area contributed by atoms with Gasteiger partial charge < -0.3 is 20.3 Å². The number of carbonyl (C=O) groups excluding carboxylic acids is 1. The summed E-state index contributed by atoms with van der Waals surface area (Å²) >= 11 is 0. The molecule has 21 heavy (non-hydrogen) atoms. The first-order valence-corrected chi connectivity index (χ1v) is 7.67. The molecule has 1 aromatic rings. The van der Waals surface area contributed by atoms with E-state index in [1.54, 1.807) is 0 Å². The van der Waals surface area contributed by atoms with Crippen molar-refractivity contribution in [3.8, 4) is 0 Å². The summed E-state index contributed by atoms with van der Waals surface area (Å²) in [5.74, 6) is 0.0939. The average Bonchev–Trinajstić information content (AvgIpc) is 3.32. The zero-order valence-electron chi connectivity index (χ0n) is 12.5. The van der Waals surface area contributed by atoms with Gasteiger partial charge in [0.2, 0.25) is 5.91 Å². The number of anilines is 1. The highest BCUT2D eigenvalue weighted by atomic mass is 16.5. The van der Waals surface area contributed by atoms with Gasteiger partial charge in [0.25, 0.3) is 0 Å². The van der Waals surface area contributed by atoms with Gasteiger partial charge in [-0.2, -0.15) is 0 Å². The zero-order valence-corrected chi connectivity index (χ0v) is 12.5. The van der Waals surface area contributed by atoms with Crippen LogP contribution in [0.5, 0.6) is 0 Å². The maximum Gasteiger partial charge on any atom is 0.245 e. The molecule has 1 atom stereocenters. The lowest BCUT2D eigenvalue weighted by atomic mass is 10.1. The number of benzene rings is 1. The molecule has 0 spiro atoms. The monoisotopic (exact) mass is 289 g/mol. The number of morpholine rings is 1. The van der Waals surface area contributed by atoms with Crippen LogP contribution in [-0.4, -0.2) is 44.8 Å². The van der Waals surface area contributed by atoms with E-state index in [1.165, 1.54) is 5.56 Å². The topological polar surface area (TPSA) is 53.6 Å². The minimum atomic E-state index is -0.225. The highest BCUT2D eigenvalue weighted by Gasteiger charge is 2.33. The van der Waals surface area contributed by atoms with Crippen molar-refractivity contribution in [1.82, 2.24) is 10.6 Å². The van der Waals surface area contributed by atoms with E-state index in [1.807, 2.05) is 19.2 Å². The summed E-state index contributed by atoms with van der Waals surface area (Å²) in [5, 5.41) is 6.29. The molecular formula is C16H23N3O2. The minimum absolute atomic E-state index is 0.0939. The Hall–Kier alpha value is -1.59. The zero-order chi connectivity index (χ0) is 14.7. The van der Waals surface area contributed by atoms with Gasteiger partial charge in [-0.05, 0) is 31.5 Å². The number of hydrogen-bond acceptors (Lipinski definition) is 4. The normalized spacial score (nSPS) is 22.1. The van der Waals surface area contributed by atoms with Crippen molar-refractivity contribution >= 4 is 11.6 Å². The smallest absolute Gasteiger partial charge is 0.245 e. The molecule has 0 radical (unpaired) electrons. The van der Waals surface area contributed by atoms with E-state index in [-0.39, 0.29) is 11.9 Å². The molecule has 5 nitrogen and oxygen atoms in total. The standard InChI is InChI=1S/C16H23N3O2/c1-17-10-12-4-2-3-5-14(12)19-8-9-21-11-15(19)16(20)18-13-6-7-13/h2-5,13,15,17H,6-11H2,1H3,(H,18,20). The molecular weight excluding hydrogens is 266 g/mol. The second-order valence-corrected chi connectivity index (χ2v) is 5.73. The van der Waals surface area contributed by atoms with Crippen LogP contribution in [0, 0.1) is 0 Å². The number of amides is 1. The van der Waals surface area contributed by atoms with Crippen LogP contribution in [0.4, 0.5) is 5.69 Å². The van der Waals surface area contributed by atoms with Crippen LogP contribution < -0.4 is 15.5 Å². The van der Waals surface area contributed by atoms with Crippen molar-refractivity contribution in [2.45, 2.75) is 31.5 Å². The first-order chi connectivity index (χ1) is 10.3. The number of rotatable bonds is 5. The third-order valence-electron chi connectivity index (χ3n) is 4.02. The molecule has 1 unspecified atom stereocenters. The predicted octanol–water partition coefficient (Wildman–Crippen LogP) is 0.890. The minimum Gasteiger partial charge on any atom is -0.377 e. The molecule has 3 rings (SSSR count). The Balaban J connectivity index is 1.81. The quantitative estimate of drug-likeness (QED) is 0.845.